The van der Waals surface area contributed by atoms with Crippen molar-refractivity contribution in [3.8, 4) is 0 Å². The number of hydrogen-bond acceptors (Lipinski definition) is 2. The van der Waals surface area contributed by atoms with Crippen LogP contribution in [0.3, 0.4) is 0 Å². The summed E-state index contributed by atoms with van der Waals surface area (Å²) in [6.07, 6.45) is 4.52. The van der Waals surface area contributed by atoms with Gasteiger partial charge in [-0.15, -0.1) is 0 Å². The van der Waals surface area contributed by atoms with Gasteiger partial charge in [-0.1, -0.05) is 93.6 Å². The second-order valence-corrected chi connectivity index (χ2v) is 7.73. The molecule has 0 heterocycles. The quantitative estimate of drug-likeness (QED) is 0.701. The van der Waals surface area contributed by atoms with Gasteiger partial charge in [-0.2, -0.15) is 0 Å². The molecule has 0 aliphatic rings. The van der Waals surface area contributed by atoms with Crippen LogP contribution in [-0.2, 0) is 6.54 Å². The summed E-state index contributed by atoms with van der Waals surface area (Å²) in [6.45, 7) is 9.73. The number of aliphatic hydroxyl groups excluding tert-OH is 1. The predicted molar refractivity (Wildman–Crippen MR) is 106 cm³/mol. The standard InChI is InChI=1S/C23H31NO/c1-19(15-16-23(2,3)4)24(17-20-11-7-5-8-12-20)22(18-25)21-13-9-6-10-14-21/h5-16,19,22,25H,17-18H2,1-4H3/b16-15+/t19-,22+/m1/s1. The molecule has 134 valence electrons. The van der Waals surface area contributed by atoms with E-state index in [0.717, 1.165) is 12.1 Å². The van der Waals surface area contributed by atoms with Gasteiger partial charge in [0.2, 0.25) is 0 Å². The fourth-order valence-electron chi connectivity index (χ4n) is 2.95. The van der Waals surface area contributed by atoms with Crippen molar-refractivity contribution < 1.29 is 5.11 Å². The topological polar surface area (TPSA) is 23.5 Å². The second-order valence-electron chi connectivity index (χ2n) is 7.73. The molecule has 0 aliphatic carbocycles. The van der Waals surface area contributed by atoms with Crippen LogP contribution in [0.2, 0.25) is 0 Å². The van der Waals surface area contributed by atoms with Crippen LogP contribution < -0.4 is 0 Å². The minimum Gasteiger partial charge on any atom is -0.394 e. The van der Waals surface area contributed by atoms with E-state index in [1.807, 2.05) is 24.3 Å². The minimum atomic E-state index is -0.0268. The Bertz CT molecular complexity index is 643. The predicted octanol–water partition coefficient (Wildman–Crippen LogP) is 5.21. The molecule has 0 unspecified atom stereocenters. The third-order valence-electron chi connectivity index (χ3n) is 4.36. The molecule has 0 radical (unpaired) electrons. The first-order chi connectivity index (χ1) is 11.9. The molecule has 0 aliphatic heterocycles. The van der Waals surface area contributed by atoms with Gasteiger partial charge in [0, 0.05) is 12.6 Å². The van der Waals surface area contributed by atoms with Crippen molar-refractivity contribution in [2.75, 3.05) is 6.61 Å². The zero-order chi connectivity index (χ0) is 18.3. The molecule has 0 saturated heterocycles. The van der Waals surface area contributed by atoms with Crippen molar-refractivity contribution in [3.05, 3.63) is 83.9 Å². The van der Waals surface area contributed by atoms with Crippen LogP contribution in [0, 0.1) is 5.41 Å². The monoisotopic (exact) mass is 337 g/mol. The molecule has 25 heavy (non-hydrogen) atoms. The van der Waals surface area contributed by atoms with E-state index in [2.05, 4.69) is 81.1 Å². The number of allylic oxidation sites excluding steroid dienone is 1. The SMILES string of the molecule is C[C@H](/C=C/C(C)(C)C)N(Cc1ccccc1)[C@@H](CO)c1ccccc1. The summed E-state index contributed by atoms with van der Waals surface area (Å²) in [5, 5.41) is 10.1. The van der Waals surface area contributed by atoms with Gasteiger partial charge in [0.25, 0.3) is 0 Å². The molecule has 2 rings (SSSR count). The molecule has 0 fully saturated rings. The molecule has 0 aromatic heterocycles. The van der Waals surface area contributed by atoms with Crippen molar-refractivity contribution in [1.82, 2.24) is 4.90 Å². The molecule has 0 amide bonds. The largest absolute Gasteiger partial charge is 0.394 e. The Morgan fingerprint density at radius 3 is 2.04 bits per heavy atom. The first-order valence-electron chi connectivity index (χ1n) is 9.05. The van der Waals surface area contributed by atoms with Crippen LogP contribution in [0.4, 0.5) is 0 Å². The van der Waals surface area contributed by atoms with E-state index in [1.165, 1.54) is 5.56 Å². The third kappa shape index (κ3) is 6.15. The zero-order valence-electron chi connectivity index (χ0n) is 15.9. The summed E-state index contributed by atoms with van der Waals surface area (Å²) in [5.74, 6) is 0. The Hall–Kier alpha value is -1.90. The van der Waals surface area contributed by atoms with Gasteiger partial charge in [0.1, 0.15) is 0 Å². The normalized spacial score (nSPS) is 14.8. The smallest absolute Gasteiger partial charge is 0.0628 e. The lowest BCUT2D eigenvalue weighted by atomic mass is 9.94. The number of benzene rings is 2. The highest BCUT2D eigenvalue weighted by atomic mass is 16.3. The van der Waals surface area contributed by atoms with Crippen molar-refractivity contribution >= 4 is 0 Å². The van der Waals surface area contributed by atoms with Crippen LogP contribution in [0.5, 0.6) is 0 Å². The van der Waals surface area contributed by atoms with Crippen LogP contribution in [0.25, 0.3) is 0 Å². The van der Waals surface area contributed by atoms with E-state index in [4.69, 9.17) is 0 Å². The van der Waals surface area contributed by atoms with E-state index in [-0.39, 0.29) is 24.1 Å². The number of aliphatic hydroxyl groups is 1. The minimum absolute atomic E-state index is 0.0268. The maximum absolute atomic E-state index is 10.1. The maximum Gasteiger partial charge on any atom is 0.0628 e. The summed E-state index contributed by atoms with van der Waals surface area (Å²) in [6, 6.07) is 20.9. The summed E-state index contributed by atoms with van der Waals surface area (Å²) >= 11 is 0. The lowest BCUT2D eigenvalue weighted by Crippen LogP contribution is -2.37. The molecule has 0 spiro atoms. The Morgan fingerprint density at radius 1 is 0.960 bits per heavy atom. The van der Waals surface area contributed by atoms with E-state index in [0.29, 0.717) is 0 Å². The fraction of sp³-hybridized carbons (Fsp3) is 0.391. The lowest BCUT2D eigenvalue weighted by Gasteiger charge is -2.35. The summed E-state index contributed by atoms with van der Waals surface area (Å²) in [4.78, 5) is 2.37. The molecule has 2 nitrogen and oxygen atoms in total. The Morgan fingerprint density at radius 2 is 1.52 bits per heavy atom. The molecule has 2 atom stereocenters. The maximum atomic E-state index is 10.1. The number of hydrogen-bond donors (Lipinski definition) is 1. The molecule has 0 saturated carbocycles. The van der Waals surface area contributed by atoms with Gasteiger partial charge in [0.15, 0.2) is 0 Å². The first-order valence-corrected chi connectivity index (χ1v) is 9.05. The van der Waals surface area contributed by atoms with Gasteiger partial charge in [-0.25, -0.2) is 0 Å². The van der Waals surface area contributed by atoms with Crippen molar-refractivity contribution in [3.63, 3.8) is 0 Å². The molecular weight excluding hydrogens is 306 g/mol. The van der Waals surface area contributed by atoms with Gasteiger partial charge in [-0.3, -0.25) is 4.90 Å². The Kier molecular flexibility index (Phi) is 6.98. The summed E-state index contributed by atoms with van der Waals surface area (Å²) in [5.41, 5.74) is 2.55. The van der Waals surface area contributed by atoms with E-state index >= 15 is 0 Å². The van der Waals surface area contributed by atoms with Crippen LogP contribution in [-0.4, -0.2) is 22.7 Å². The zero-order valence-corrected chi connectivity index (χ0v) is 15.9. The molecular formula is C23H31NO. The molecule has 0 bridgehead atoms. The fourth-order valence-corrected chi connectivity index (χ4v) is 2.95. The molecule has 1 N–H and O–H groups in total. The van der Waals surface area contributed by atoms with Gasteiger partial charge < -0.3 is 5.11 Å². The number of rotatable bonds is 7. The third-order valence-corrected chi connectivity index (χ3v) is 4.36. The average Bonchev–Trinajstić information content (AvgIpc) is 2.60. The molecule has 2 aromatic carbocycles. The molecule has 2 heteroatoms. The lowest BCUT2D eigenvalue weighted by molar-refractivity contribution is 0.0979. The van der Waals surface area contributed by atoms with Crippen molar-refractivity contribution in [2.45, 2.75) is 46.3 Å². The van der Waals surface area contributed by atoms with Gasteiger partial charge >= 0.3 is 0 Å². The first kappa shape index (κ1) is 19.4. The average molecular weight is 338 g/mol. The highest BCUT2D eigenvalue weighted by Crippen LogP contribution is 2.26. The number of nitrogens with zero attached hydrogens (tertiary/aromatic N) is 1. The van der Waals surface area contributed by atoms with Crippen LogP contribution in [0.1, 0.15) is 44.9 Å². The molecule has 2 aromatic rings. The van der Waals surface area contributed by atoms with E-state index in [9.17, 15) is 5.11 Å². The van der Waals surface area contributed by atoms with E-state index < -0.39 is 0 Å². The van der Waals surface area contributed by atoms with Gasteiger partial charge in [0.05, 0.1) is 12.6 Å². The Balaban J connectivity index is 2.31. The highest BCUT2D eigenvalue weighted by Gasteiger charge is 2.23. The van der Waals surface area contributed by atoms with Crippen LogP contribution >= 0.6 is 0 Å². The Labute approximate surface area is 152 Å². The van der Waals surface area contributed by atoms with Crippen LogP contribution in [0.15, 0.2) is 72.8 Å². The van der Waals surface area contributed by atoms with E-state index in [1.54, 1.807) is 0 Å². The highest BCUT2D eigenvalue weighted by molar-refractivity contribution is 5.21. The summed E-state index contributed by atoms with van der Waals surface area (Å²) < 4.78 is 0. The summed E-state index contributed by atoms with van der Waals surface area (Å²) in [7, 11) is 0. The van der Waals surface area contributed by atoms with Crippen molar-refractivity contribution in [2.24, 2.45) is 5.41 Å². The van der Waals surface area contributed by atoms with Crippen molar-refractivity contribution in [1.29, 1.82) is 0 Å². The van der Waals surface area contributed by atoms with Gasteiger partial charge in [-0.05, 0) is 23.5 Å². The second kappa shape index (κ2) is 8.98.